The van der Waals surface area contributed by atoms with Gasteiger partial charge in [0.05, 0.1) is 13.0 Å². The van der Waals surface area contributed by atoms with Crippen molar-refractivity contribution in [3.63, 3.8) is 0 Å². The van der Waals surface area contributed by atoms with Gasteiger partial charge in [0.15, 0.2) is 0 Å². The number of methoxy groups -OCH3 is 1. The van der Waals surface area contributed by atoms with Gasteiger partial charge in [-0.15, -0.1) is 0 Å². The average molecular weight is 387 g/mol. The summed E-state index contributed by atoms with van der Waals surface area (Å²) in [6.45, 7) is 3.57. The summed E-state index contributed by atoms with van der Waals surface area (Å²) in [5, 5.41) is 3.03. The predicted octanol–water partition coefficient (Wildman–Crippen LogP) is 1.96. The molecule has 3 amide bonds. The highest BCUT2D eigenvalue weighted by molar-refractivity contribution is 6.00. The number of hydrogen-bond acceptors (Lipinski definition) is 4. The number of amides is 3. The van der Waals surface area contributed by atoms with Crippen LogP contribution in [0.1, 0.15) is 39.0 Å². The van der Waals surface area contributed by atoms with E-state index < -0.39 is 0 Å². The highest BCUT2D eigenvalue weighted by Crippen LogP contribution is 2.29. The topological polar surface area (TPSA) is 79.0 Å². The monoisotopic (exact) mass is 387 g/mol. The first-order chi connectivity index (χ1) is 13.5. The molecular formula is C21H29N3O4. The summed E-state index contributed by atoms with van der Waals surface area (Å²) in [6, 6.07) is 7.33. The minimum absolute atomic E-state index is 0.00309. The Morgan fingerprint density at radius 1 is 1.29 bits per heavy atom. The molecule has 1 aromatic rings. The van der Waals surface area contributed by atoms with Gasteiger partial charge < -0.3 is 19.9 Å². The van der Waals surface area contributed by atoms with Crippen molar-refractivity contribution in [1.29, 1.82) is 0 Å². The van der Waals surface area contributed by atoms with Crippen LogP contribution in [0.15, 0.2) is 24.3 Å². The van der Waals surface area contributed by atoms with E-state index in [1.165, 1.54) is 0 Å². The van der Waals surface area contributed by atoms with E-state index in [2.05, 4.69) is 5.32 Å². The third-order valence-electron chi connectivity index (χ3n) is 5.41. The Kier molecular flexibility index (Phi) is 6.54. The van der Waals surface area contributed by atoms with Gasteiger partial charge in [-0.2, -0.15) is 0 Å². The Morgan fingerprint density at radius 3 is 2.86 bits per heavy atom. The van der Waals surface area contributed by atoms with Crippen molar-refractivity contribution >= 4 is 23.4 Å². The lowest BCUT2D eigenvalue weighted by atomic mass is 10.0. The first-order valence-electron chi connectivity index (χ1n) is 10.0. The number of likely N-dealkylation sites (tertiary alicyclic amines) is 1. The van der Waals surface area contributed by atoms with Crippen LogP contribution in [0.25, 0.3) is 0 Å². The van der Waals surface area contributed by atoms with Gasteiger partial charge in [0.2, 0.25) is 17.7 Å². The number of nitrogens with one attached hydrogen (secondary N) is 1. The Hall–Kier alpha value is -2.57. The van der Waals surface area contributed by atoms with Gasteiger partial charge in [0.1, 0.15) is 5.75 Å². The minimum atomic E-state index is -0.344. The molecule has 2 atom stereocenters. The SMILES string of the molecule is CCCC(=O)NC1CCCN(C(=O)C2CC(=O)N(c3cccc(OC)c3)C2)C1. The summed E-state index contributed by atoms with van der Waals surface area (Å²) in [4.78, 5) is 40.9. The number of hydrogen-bond donors (Lipinski definition) is 1. The van der Waals surface area contributed by atoms with Crippen molar-refractivity contribution in [3.05, 3.63) is 24.3 Å². The minimum Gasteiger partial charge on any atom is -0.497 e. The van der Waals surface area contributed by atoms with Crippen LogP contribution in [0.4, 0.5) is 5.69 Å². The molecule has 2 aliphatic rings. The molecule has 1 aromatic carbocycles. The Bertz CT molecular complexity index is 736. The third kappa shape index (κ3) is 4.64. The maximum atomic E-state index is 13.0. The molecule has 152 valence electrons. The number of benzene rings is 1. The third-order valence-corrected chi connectivity index (χ3v) is 5.41. The molecule has 2 fully saturated rings. The Balaban J connectivity index is 1.61. The van der Waals surface area contributed by atoms with Crippen LogP contribution in [-0.4, -0.2) is 55.4 Å². The van der Waals surface area contributed by atoms with Crippen molar-refractivity contribution in [1.82, 2.24) is 10.2 Å². The van der Waals surface area contributed by atoms with E-state index in [1.807, 2.05) is 36.1 Å². The molecular weight excluding hydrogens is 358 g/mol. The first-order valence-corrected chi connectivity index (χ1v) is 10.0. The fourth-order valence-electron chi connectivity index (χ4n) is 3.98. The number of carbonyl (C=O) groups excluding carboxylic acids is 3. The summed E-state index contributed by atoms with van der Waals surface area (Å²) in [6.07, 6.45) is 3.30. The Morgan fingerprint density at radius 2 is 2.11 bits per heavy atom. The van der Waals surface area contributed by atoms with E-state index in [9.17, 15) is 14.4 Å². The van der Waals surface area contributed by atoms with Gasteiger partial charge in [0, 0.05) is 50.3 Å². The van der Waals surface area contributed by atoms with Crippen molar-refractivity contribution in [2.45, 2.75) is 45.1 Å². The van der Waals surface area contributed by atoms with Crippen molar-refractivity contribution in [2.75, 3.05) is 31.6 Å². The van der Waals surface area contributed by atoms with Crippen LogP contribution in [-0.2, 0) is 14.4 Å². The lowest BCUT2D eigenvalue weighted by Gasteiger charge is -2.34. The van der Waals surface area contributed by atoms with Gasteiger partial charge in [-0.05, 0) is 31.4 Å². The zero-order chi connectivity index (χ0) is 20.1. The Labute approximate surface area is 166 Å². The van der Waals surface area contributed by atoms with Crippen LogP contribution in [0.5, 0.6) is 5.75 Å². The number of carbonyl (C=O) groups is 3. The van der Waals surface area contributed by atoms with Crippen LogP contribution in [0.3, 0.4) is 0 Å². The molecule has 2 aliphatic heterocycles. The van der Waals surface area contributed by atoms with Crippen LogP contribution < -0.4 is 15.0 Å². The molecule has 2 saturated heterocycles. The molecule has 0 radical (unpaired) electrons. The summed E-state index contributed by atoms with van der Waals surface area (Å²) in [7, 11) is 1.59. The summed E-state index contributed by atoms with van der Waals surface area (Å²) >= 11 is 0. The highest BCUT2D eigenvalue weighted by atomic mass is 16.5. The molecule has 3 rings (SSSR count). The maximum absolute atomic E-state index is 13.0. The zero-order valence-electron chi connectivity index (χ0n) is 16.6. The second-order valence-electron chi connectivity index (χ2n) is 7.55. The fourth-order valence-corrected chi connectivity index (χ4v) is 3.98. The molecule has 1 N–H and O–H groups in total. The maximum Gasteiger partial charge on any atom is 0.228 e. The van der Waals surface area contributed by atoms with Crippen LogP contribution in [0.2, 0.25) is 0 Å². The smallest absolute Gasteiger partial charge is 0.228 e. The normalized spacial score (nSPS) is 22.3. The highest BCUT2D eigenvalue weighted by Gasteiger charge is 2.38. The molecule has 2 unspecified atom stereocenters. The molecule has 0 spiro atoms. The van der Waals surface area contributed by atoms with E-state index in [0.717, 1.165) is 24.9 Å². The lowest BCUT2D eigenvalue weighted by Crippen LogP contribution is -2.51. The summed E-state index contributed by atoms with van der Waals surface area (Å²) < 4.78 is 5.23. The molecule has 7 heteroatoms. The van der Waals surface area contributed by atoms with E-state index in [0.29, 0.717) is 31.8 Å². The largest absolute Gasteiger partial charge is 0.497 e. The molecule has 0 aromatic heterocycles. The lowest BCUT2D eigenvalue weighted by molar-refractivity contribution is -0.137. The zero-order valence-corrected chi connectivity index (χ0v) is 16.6. The standard InChI is InChI=1S/C21H29N3O4/c1-3-6-19(25)22-16-7-5-10-23(14-16)21(27)15-11-20(26)24(13-15)17-8-4-9-18(12-17)28-2/h4,8-9,12,15-16H,3,5-7,10-11,13-14H2,1-2H3,(H,22,25). The van der Waals surface area contributed by atoms with Crippen LogP contribution >= 0.6 is 0 Å². The van der Waals surface area contributed by atoms with E-state index in [4.69, 9.17) is 4.74 Å². The van der Waals surface area contributed by atoms with E-state index in [-0.39, 0.29) is 36.1 Å². The number of ether oxygens (including phenoxy) is 1. The predicted molar refractivity (Wildman–Crippen MR) is 106 cm³/mol. The molecule has 0 saturated carbocycles. The van der Waals surface area contributed by atoms with Gasteiger partial charge in [-0.1, -0.05) is 13.0 Å². The van der Waals surface area contributed by atoms with Gasteiger partial charge in [0.25, 0.3) is 0 Å². The number of rotatable bonds is 6. The second-order valence-corrected chi connectivity index (χ2v) is 7.55. The molecule has 2 heterocycles. The van der Waals surface area contributed by atoms with Crippen LogP contribution in [0, 0.1) is 5.92 Å². The van der Waals surface area contributed by atoms with E-state index >= 15 is 0 Å². The van der Waals surface area contributed by atoms with Gasteiger partial charge >= 0.3 is 0 Å². The molecule has 0 aliphatic carbocycles. The number of anilines is 1. The van der Waals surface area contributed by atoms with E-state index in [1.54, 1.807) is 12.0 Å². The van der Waals surface area contributed by atoms with Gasteiger partial charge in [-0.25, -0.2) is 0 Å². The quantitative estimate of drug-likeness (QED) is 0.809. The summed E-state index contributed by atoms with van der Waals surface area (Å²) in [5.41, 5.74) is 0.753. The average Bonchev–Trinajstić information content (AvgIpc) is 3.09. The molecule has 28 heavy (non-hydrogen) atoms. The van der Waals surface area contributed by atoms with Crippen molar-refractivity contribution < 1.29 is 19.1 Å². The number of nitrogens with zero attached hydrogens (tertiary/aromatic N) is 2. The molecule has 7 nitrogen and oxygen atoms in total. The first kappa shape index (κ1) is 20.2. The number of piperidine rings is 1. The van der Waals surface area contributed by atoms with Gasteiger partial charge in [-0.3, -0.25) is 14.4 Å². The summed E-state index contributed by atoms with van der Waals surface area (Å²) in [5.74, 6) is 0.345. The fraction of sp³-hybridized carbons (Fsp3) is 0.571. The van der Waals surface area contributed by atoms with Crippen molar-refractivity contribution in [3.8, 4) is 5.75 Å². The molecule has 0 bridgehead atoms. The van der Waals surface area contributed by atoms with Crippen molar-refractivity contribution in [2.24, 2.45) is 5.92 Å². The second kappa shape index (κ2) is 9.08.